The first kappa shape index (κ1) is 13.5. The second-order valence-electron chi connectivity index (χ2n) is 4.57. The summed E-state index contributed by atoms with van der Waals surface area (Å²) in [6.07, 6.45) is 0. The zero-order chi connectivity index (χ0) is 13.8. The molecule has 100 valence electrons. The first-order chi connectivity index (χ1) is 9.13. The van der Waals surface area contributed by atoms with E-state index in [2.05, 4.69) is 47.3 Å². The predicted molar refractivity (Wildman–Crippen MR) is 77.2 cm³/mol. The topological polar surface area (TPSA) is 47.0 Å². The minimum atomic E-state index is 0.481. The van der Waals surface area contributed by atoms with Gasteiger partial charge >= 0.3 is 0 Å². The van der Waals surface area contributed by atoms with Gasteiger partial charge < -0.3 is 10.1 Å². The molecule has 1 aromatic heterocycles. The number of nitrogens with one attached hydrogen (secondary N) is 1. The largest absolute Gasteiger partial charge is 0.378 e. The molecule has 0 bridgehead atoms. The molecule has 0 spiro atoms. The summed E-state index contributed by atoms with van der Waals surface area (Å²) >= 11 is 0. The Kier molecular flexibility index (Phi) is 4.12. The highest BCUT2D eigenvalue weighted by Crippen LogP contribution is 2.22. The highest BCUT2D eigenvalue weighted by molar-refractivity contribution is 5.62. The smallest absolute Gasteiger partial charge is 0.162 e. The van der Waals surface area contributed by atoms with Gasteiger partial charge in [0.25, 0.3) is 0 Å². The molecule has 0 radical (unpaired) electrons. The predicted octanol–water partition coefficient (Wildman–Crippen LogP) is 2.95. The Balaban J connectivity index is 2.51. The molecule has 0 aliphatic heterocycles. The molecule has 0 amide bonds. The SMILES string of the molecule is CNc1cc(COC)nc(-c2ccc(C)cc2C)n1. The molecule has 4 nitrogen and oxygen atoms in total. The van der Waals surface area contributed by atoms with Crippen LogP contribution in [0.2, 0.25) is 0 Å². The second-order valence-corrected chi connectivity index (χ2v) is 4.57. The molecular weight excluding hydrogens is 238 g/mol. The van der Waals surface area contributed by atoms with Crippen molar-refractivity contribution in [2.45, 2.75) is 20.5 Å². The number of aromatic nitrogens is 2. The van der Waals surface area contributed by atoms with Gasteiger partial charge in [-0.05, 0) is 19.4 Å². The third-order valence-electron chi connectivity index (χ3n) is 2.95. The maximum absolute atomic E-state index is 5.15. The van der Waals surface area contributed by atoms with Crippen molar-refractivity contribution in [3.05, 3.63) is 41.1 Å². The van der Waals surface area contributed by atoms with E-state index in [-0.39, 0.29) is 0 Å². The maximum atomic E-state index is 5.15. The monoisotopic (exact) mass is 257 g/mol. The molecule has 2 aromatic rings. The second kappa shape index (κ2) is 5.80. The van der Waals surface area contributed by atoms with Crippen LogP contribution in [-0.2, 0) is 11.3 Å². The molecule has 0 saturated heterocycles. The molecule has 0 fully saturated rings. The average molecular weight is 257 g/mol. The van der Waals surface area contributed by atoms with E-state index < -0.39 is 0 Å². The highest BCUT2D eigenvalue weighted by atomic mass is 16.5. The van der Waals surface area contributed by atoms with Crippen LogP contribution in [0.15, 0.2) is 24.3 Å². The fourth-order valence-electron chi connectivity index (χ4n) is 2.03. The van der Waals surface area contributed by atoms with Gasteiger partial charge in [0, 0.05) is 25.8 Å². The molecule has 1 N–H and O–H groups in total. The van der Waals surface area contributed by atoms with E-state index in [9.17, 15) is 0 Å². The Morgan fingerprint density at radius 1 is 1.16 bits per heavy atom. The highest BCUT2D eigenvalue weighted by Gasteiger charge is 2.08. The van der Waals surface area contributed by atoms with E-state index in [0.29, 0.717) is 6.61 Å². The van der Waals surface area contributed by atoms with Crippen LogP contribution < -0.4 is 5.32 Å². The molecule has 0 saturated carbocycles. The van der Waals surface area contributed by atoms with Gasteiger partial charge in [0.05, 0.1) is 12.3 Å². The minimum absolute atomic E-state index is 0.481. The molecular formula is C15H19N3O. The van der Waals surface area contributed by atoms with Crippen LogP contribution in [0, 0.1) is 13.8 Å². The van der Waals surface area contributed by atoms with Crippen molar-refractivity contribution >= 4 is 5.82 Å². The summed E-state index contributed by atoms with van der Waals surface area (Å²) in [5.41, 5.74) is 4.34. The van der Waals surface area contributed by atoms with Crippen LogP contribution in [0.3, 0.4) is 0 Å². The van der Waals surface area contributed by atoms with Gasteiger partial charge in [-0.15, -0.1) is 0 Å². The molecule has 4 heteroatoms. The van der Waals surface area contributed by atoms with Crippen LogP contribution in [0.5, 0.6) is 0 Å². The van der Waals surface area contributed by atoms with E-state index in [1.165, 1.54) is 11.1 Å². The van der Waals surface area contributed by atoms with Crippen molar-refractivity contribution in [2.75, 3.05) is 19.5 Å². The number of nitrogens with zero attached hydrogens (tertiary/aromatic N) is 2. The van der Waals surface area contributed by atoms with E-state index in [1.54, 1.807) is 7.11 Å². The van der Waals surface area contributed by atoms with Crippen LogP contribution in [0.1, 0.15) is 16.8 Å². The number of rotatable bonds is 4. The Bertz CT molecular complexity index is 582. The molecule has 0 aliphatic carbocycles. The van der Waals surface area contributed by atoms with Gasteiger partial charge in [-0.1, -0.05) is 23.8 Å². The number of benzene rings is 1. The molecule has 1 heterocycles. The fraction of sp³-hybridized carbons (Fsp3) is 0.333. The molecule has 2 rings (SSSR count). The van der Waals surface area contributed by atoms with E-state index >= 15 is 0 Å². The lowest BCUT2D eigenvalue weighted by Gasteiger charge is -2.10. The first-order valence-corrected chi connectivity index (χ1v) is 6.26. The van der Waals surface area contributed by atoms with Gasteiger partial charge in [0.15, 0.2) is 5.82 Å². The van der Waals surface area contributed by atoms with Gasteiger partial charge in [-0.3, -0.25) is 0 Å². The van der Waals surface area contributed by atoms with Crippen LogP contribution in [0.25, 0.3) is 11.4 Å². The number of aryl methyl sites for hydroxylation is 2. The molecule has 0 atom stereocenters. The van der Waals surface area contributed by atoms with Crippen molar-refractivity contribution in [3.8, 4) is 11.4 Å². The van der Waals surface area contributed by atoms with Gasteiger partial charge in [-0.25, -0.2) is 9.97 Å². The molecule has 0 aliphatic rings. The van der Waals surface area contributed by atoms with E-state index in [0.717, 1.165) is 22.9 Å². The Morgan fingerprint density at radius 2 is 1.95 bits per heavy atom. The summed E-state index contributed by atoms with van der Waals surface area (Å²) in [5.74, 6) is 1.54. The van der Waals surface area contributed by atoms with Crippen molar-refractivity contribution in [2.24, 2.45) is 0 Å². The van der Waals surface area contributed by atoms with Crippen molar-refractivity contribution < 1.29 is 4.74 Å². The first-order valence-electron chi connectivity index (χ1n) is 6.26. The summed E-state index contributed by atoms with van der Waals surface area (Å²) in [5, 5.41) is 3.06. The van der Waals surface area contributed by atoms with Gasteiger partial charge in [0.2, 0.25) is 0 Å². The standard InChI is InChI=1S/C15H19N3O/c1-10-5-6-13(11(2)7-10)15-17-12(9-19-4)8-14(16-3)18-15/h5-8H,9H2,1-4H3,(H,16,17,18). The summed E-state index contributed by atoms with van der Waals surface area (Å²) in [4.78, 5) is 9.07. The van der Waals surface area contributed by atoms with Crippen LogP contribution in [-0.4, -0.2) is 24.1 Å². The van der Waals surface area contributed by atoms with Crippen molar-refractivity contribution in [1.29, 1.82) is 0 Å². The van der Waals surface area contributed by atoms with E-state index in [4.69, 9.17) is 4.74 Å². The number of hydrogen-bond acceptors (Lipinski definition) is 4. The van der Waals surface area contributed by atoms with Crippen molar-refractivity contribution in [1.82, 2.24) is 9.97 Å². The molecule has 19 heavy (non-hydrogen) atoms. The molecule has 1 aromatic carbocycles. The molecule has 0 unspecified atom stereocenters. The Hall–Kier alpha value is -1.94. The van der Waals surface area contributed by atoms with Crippen molar-refractivity contribution in [3.63, 3.8) is 0 Å². The lowest BCUT2D eigenvalue weighted by atomic mass is 10.1. The zero-order valence-corrected chi connectivity index (χ0v) is 11.8. The Morgan fingerprint density at radius 3 is 2.58 bits per heavy atom. The van der Waals surface area contributed by atoms with Gasteiger partial charge in [0.1, 0.15) is 5.82 Å². The average Bonchev–Trinajstić information content (AvgIpc) is 2.38. The number of ether oxygens (including phenoxy) is 1. The number of hydrogen-bond donors (Lipinski definition) is 1. The third kappa shape index (κ3) is 3.09. The quantitative estimate of drug-likeness (QED) is 0.914. The zero-order valence-electron chi connectivity index (χ0n) is 11.8. The third-order valence-corrected chi connectivity index (χ3v) is 2.95. The van der Waals surface area contributed by atoms with Gasteiger partial charge in [-0.2, -0.15) is 0 Å². The van der Waals surface area contributed by atoms with E-state index in [1.807, 2.05) is 13.1 Å². The lowest BCUT2D eigenvalue weighted by molar-refractivity contribution is 0.181. The fourth-order valence-corrected chi connectivity index (χ4v) is 2.03. The van der Waals surface area contributed by atoms with Crippen LogP contribution in [0.4, 0.5) is 5.82 Å². The Labute approximate surface area is 113 Å². The van der Waals surface area contributed by atoms with Crippen LogP contribution >= 0.6 is 0 Å². The summed E-state index contributed by atoms with van der Waals surface area (Å²) < 4.78 is 5.15. The maximum Gasteiger partial charge on any atom is 0.162 e. The minimum Gasteiger partial charge on any atom is -0.378 e. The summed E-state index contributed by atoms with van der Waals surface area (Å²) in [7, 11) is 3.52. The summed E-state index contributed by atoms with van der Waals surface area (Å²) in [6.45, 7) is 4.64. The lowest BCUT2D eigenvalue weighted by Crippen LogP contribution is -2.02. The number of methoxy groups -OCH3 is 1. The summed E-state index contributed by atoms with van der Waals surface area (Å²) in [6, 6.07) is 8.18. The number of anilines is 1. The normalized spacial score (nSPS) is 10.5.